The van der Waals surface area contributed by atoms with Gasteiger partial charge in [0, 0.05) is 25.6 Å². The highest BCUT2D eigenvalue weighted by atomic mass is 16.5. The number of nitrogens with one attached hydrogen (secondary N) is 1. The molecule has 0 aromatic heterocycles. The molecule has 3 rings (SSSR count). The quantitative estimate of drug-likeness (QED) is 0.793. The van der Waals surface area contributed by atoms with Crippen LogP contribution in [0.4, 0.5) is 0 Å². The smallest absolute Gasteiger partial charge is 0.119 e. The van der Waals surface area contributed by atoms with Crippen molar-refractivity contribution in [1.82, 2.24) is 10.2 Å². The fourth-order valence-corrected chi connectivity index (χ4v) is 3.33. The van der Waals surface area contributed by atoms with Crippen molar-refractivity contribution in [3.63, 3.8) is 0 Å². The summed E-state index contributed by atoms with van der Waals surface area (Å²) >= 11 is 0. The fourth-order valence-electron chi connectivity index (χ4n) is 3.33. The van der Waals surface area contributed by atoms with Gasteiger partial charge in [0.2, 0.25) is 0 Å². The minimum Gasteiger partial charge on any atom is -0.493 e. The SMILES string of the molecule is CN(CCc1ccccc1)Cc1ccc(OC[C@@H]2CCCNC2)cc1. The van der Waals surface area contributed by atoms with Crippen molar-refractivity contribution in [2.24, 2.45) is 5.92 Å². The highest BCUT2D eigenvalue weighted by molar-refractivity contribution is 5.27. The van der Waals surface area contributed by atoms with Crippen molar-refractivity contribution in [2.75, 3.05) is 33.3 Å². The van der Waals surface area contributed by atoms with Crippen molar-refractivity contribution >= 4 is 0 Å². The number of rotatable bonds is 8. The average Bonchev–Trinajstić information content (AvgIpc) is 2.67. The Labute approximate surface area is 152 Å². The van der Waals surface area contributed by atoms with Gasteiger partial charge in [-0.1, -0.05) is 42.5 Å². The van der Waals surface area contributed by atoms with E-state index >= 15 is 0 Å². The lowest BCUT2D eigenvalue weighted by atomic mass is 10.0. The van der Waals surface area contributed by atoms with Gasteiger partial charge >= 0.3 is 0 Å². The number of likely N-dealkylation sites (N-methyl/N-ethyl adjacent to an activating group) is 1. The maximum Gasteiger partial charge on any atom is 0.119 e. The zero-order chi connectivity index (χ0) is 17.3. The van der Waals surface area contributed by atoms with E-state index in [-0.39, 0.29) is 0 Å². The molecule has 1 N–H and O–H groups in total. The van der Waals surface area contributed by atoms with Crippen molar-refractivity contribution in [3.8, 4) is 5.75 Å². The van der Waals surface area contributed by atoms with Gasteiger partial charge < -0.3 is 15.0 Å². The van der Waals surface area contributed by atoms with Crippen molar-refractivity contribution < 1.29 is 4.74 Å². The lowest BCUT2D eigenvalue weighted by molar-refractivity contribution is 0.218. The van der Waals surface area contributed by atoms with E-state index in [1.807, 2.05) is 0 Å². The molecule has 1 heterocycles. The largest absolute Gasteiger partial charge is 0.493 e. The van der Waals surface area contributed by atoms with Gasteiger partial charge in [-0.2, -0.15) is 0 Å². The number of hydrogen-bond donors (Lipinski definition) is 1. The summed E-state index contributed by atoms with van der Waals surface area (Å²) in [4.78, 5) is 2.37. The third-order valence-corrected chi connectivity index (χ3v) is 4.89. The van der Waals surface area contributed by atoms with E-state index in [1.165, 1.54) is 24.0 Å². The summed E-state index contributed by atoms with van der Waals surface area (Å²) in [6, 6.07) is 19.3. The van der Waals surface area contributed by atoms with E-state index in [0.717, 1.165) is 45.0 Å². The second kappa shape index (κ2) is 9.59. The number of benzene rings is 2. The summed E-state index contributed by atoms with van der Waals surface area (Å²) in [7, 11) is 2.18. The molecule has 2 aromatic rings. The topological polar surface area (TPSA) is 24.5 Å². The van der Waals surface area contributed by atoms with Crippen LogP contribution < -0.4 is 10.1 Å². The van der Waals surface area contributed by atoms with Crippen LogP contribution >= 0.6 is 0 Å². The van der Waals surface area contributed by atoms with Crippen molar-refractivity contribution in [1.29, 1.82) is 0 Å². The predicted molar refractivity (Wildman–Crippen MR) is 104 cm³/mol. The molecular formula is C22H30N2O. The molecule has 0 aliphatic carbocycles. The third-order valence-electron chi connectivity index (χ3n) is 4.89. The summed E-state index contributed by atoms with van der Waals surface area (Å²) in [5, 5.41) is 3.44. The summed E-state index contributed by atoms with van der Waals surface area (Å²) in [6.07, 6.45) is 3.63. The maximum absolute atomic E-state index is 5.96. The Kier molecular flexibility index (Phi) is 6.89. The zero-order valence-electron chi connectivity index (χ0n) is 15.3. The number of hydrogen-bond acceptors (Lipinski definition) is 3. The first-order chi connectivity index (χ1) is 12.3. The zero-order valence-corrected chi connectivity index (χ0v) is 15.3. The van der Waals surface area contributed by atoms with Crippen molar-refractivity contribution in [3.05, 3.63) is 65.7 Å². The minimum atomic E-state index is 0.651. The van der Waals surface area contributed by atoms with Gasteiger partial charge in [-0.05, 0) is 56.1 Å². The Bertz CT molecular complexity index is 606. The summed E-state index contributed by atoms with van der Waals surface area (Å²) in [5.41, 5.74) is 2.73. The van der Waals surface area contributed by atoms with Crippen LogP contribution in [0.2, 0.25) is 0 Å². The summed E-state index contributed by atoms with van der Waals surface area (Å²) in [5.74, 6) is 1.64. The van der Waals surface area contributed by atoms with Gasteiger partial charge in [0.15, 0.2) is 0 Å². The molecule has 1 aliphatic rings. The van der Waals surface area contributed by atoms with Gasteiger partial charge in [0.1, 0.15) is 5.75 Å². The van der Waals surface area contributed by atoms with Gasteiger partial charge in [0.25, 0.3) is 0 Å². The first-order valence-corrected chi connectivity index (χ1v) is 9.44. The van der Waals surface area contributed by atoms with Crippen LogP contribution in [0.25, 0.3) is 0 Å². The van der Waals surface area contributed by atoms with Crippen LogP contribution in [0.15, 0.2) is 54.6 Å². The van der Waals surface area contributed by atoms with Crippen LogP contribution in [0.3, 0.4) is 0 Å². The Morgan fingerprint density at radius 2 is 1.84 bits per heavy atom. The monoisotopic (exact) mass is 338 g/mol. The number of ether oxygens (including phenoxy) is 1. The fraction of sp³-hybridized carbons (Fsp3) is 0.455. The molecule has 0 spiro atoms. The Morgan fingerprint density at radius 1 is 1.04 bits per heavy atom. The average molecular weight is 338 g/mol. The molecule has 1 fully saturated rings. The predicted octanol–water partition coefficient (Wildman–Crippen LogP) is 3.74. The maximum atomic E-state index is 5.96. The molecule has 1 saturated heterocycles. The second-order valence-electron chi connectivity index (χ2n) is 7.14. The highest BCUT2D eigenvalue weighted by Crippen LogP contribution is 2.17. The third kappa shape index (κ3) is 6.18. The minimum absolute atomic E-state index is 0.651. The van der Waals surface area contributed by atoms with E-state index < -0.39 is 0 Å². The van der Waals surface area contributed by atoms with Crippen LogP contribution in [0.5, 0.6) is 5.75 Å². The van der Waals surface area contributed by atoms with Gasteiger partial charge in [-0.25, -0.2) is 0 Å². The first kappa shape index (κ1) is 18.0. The van der Waals surface area contributed by atoms with Crippen LogP contribution in [-0.2, 0) is 13.0 Å². The summed E-state index contributed by atoms with van der Waals surface area (Å²) < 4.78 is 5.96. The Balaban J connectivity index is 1.40. The van der Waals surface area contributed by atoms with Gasteiger partial charge in [0.05, 0.1) is 6.61 Å². The lowest BCUT2D eigenvalue weighted by Crippen LogP contribution is -2.33. The molecular weight excluding hydrogens is 308 g/mol. The molecule has 0 bridgehead atoms. The molecule has 0 amide bonds. The van der Waals surface area contributed by atoms with E-state index in [0.29, 0.717) is 5.92 Å². The molecule has 2 aromatic carbocycles. The molecule has 3 heteroatoms. The molecule has 0 unspecified atom stereocenters. The normalized spacial score (nSPS) is 17.6. The molecule has 3 nitrogen and oxygen atoms in total. The number of nitrogens with zero attached hydrogens (tertiary/aromatic N) is 1. The van der Waals surface area contributed by atoms with Crippen molar-refractivity contribution in [2.45, 2.75) is 25.8 Å². The van der Waals surface area contributed by atoms with E-state index in [2.05, 4.69) is 71.9 Å². The highest BCUT2D eigenvalue weighted by Gasteiger charge is 2.13. The molecule has 134 valence electrons. The molecule has 1 atom stereocenters. The first-order valence-electron chi connectivity index (χ1n) is 9.44. The van der Waals surface area contributed by atoms with E-state index in [4.69, 9.17) is 4.74 Å². The summed E-state index contributed by atoms with van der Waals surface area (Å²) in [6.45, 7) is 5.10. The molecule has 1 aliphatic heterocycles. The van der Waals surface area contributed by atoms with Crippen LogP contribution in [-0.4, -0.2) is 38.2 Å². The molecule has 0 radical (unpaired) electrons. The van der Waals surface area contributed by atoms with Crippen LogP contribution in [0.1, 0.15) is 24.0 Å². The van der Waals surface area contributed by atoms with E-state index in [1.54, 1.807) is 0 Å². The van der Waals surface area contributed by atoms with Gasteiger partial charge in [-0.15, -0.1) is 0 Å². The Hall–Kier alpha value is -1.84. The molecule has 25 heavy (non-hydrogen) atoms. The second-order valence-corrected chi connectivity index (χ2v) is 7.14. The van der Waals surface area contributed by atoms with Crippen LogP contribution in [0, 0.1) is 5.92 Å². The Morgan fingerprint density at radius 3 is 2.56 bits per heavy atom. The molecule has 0 saturated carbocycles. The van der Waals surface area contributed by atoms with Gasteiger partial charge in [-0.3, -0.25) is 0 Å². The lowest BCUT2D eigenvalue weighted by Gasteiger charge is -2.22. The standard InChI is InChI=1S/C22H30N2O/c1-24(15-13-19-6-3-2-4-7-19)17-20-9-11-22(12-10-20)25-18-21-8-5-14-23-16-21/h2-4,6-7,9-12,21,23H,5,8,13-18H2,1H3/t21-/m1/s1. The number of piperidine rings is 1. The van der Waals surface area contributed by atoms with E-state index in [9.17, 15) is 0 Å².